The van der Waals surface area contributed by atoms with Crippen LogP contribution in [0, 0.1) is 5.41 Å². The highest BCUT2D eigenvalue weighted by Crippen LogP contribution is 2.51. The number of imidazole rings is 1. The van der Waals surface area contributed by atoms with E-state index in [-0.39, 0.29) is 29.3 Å². The number of hydrogen-bond donors (Lipinski definition) is 2. The van der Waals surface area contributed by atoms with Crippen LogP contribution in [0.2, 0.25) is 0 Å². The Hall–Kier alpha value is -3.92. The summed E-state index contributed by atoms with van der Waals surface area (Å²) in [6, 6.07) is 10.4. The van der Waals surface area contributed by atoms with E-state index in [9.17, 15) is 9.59 Å². The zero-order valence-corrected chi connectivity index (χ0v) is 27.1. The molecule has 2 amide bonds. The lowest BCUT2D eigenvalue weighted by Gasteiger charge is -2.30. The van der Waals surface area contributed by atoms with E-state index in [1.54, 1.807) is 7.11 Å². The van der Waals surface area contributed by atoms with Gasteiger partial charge in [-0.2, -0.15) is 0 Å². The predicted molar refractivity (Wildman–Crippen MR) is 178 cm³/mol. The lowest BCUT2D eigenvalue weighted by atomic mass is 9.96. The number of nitrogens with one attached hydrogen (secondary N) is 1. The molecule has 2 bridgehead atoms. The number of aryl methyl sites for hydroxylation is 1. The van der Waals surface area contributed by atoms with Crippen molar-refractivity contribution in [3.8, 4) is 17.3 Å². The monoisotopic (exact) mass is 623 g/mol. The number of benzene rings is 1. The third kappa shape index (κ3) is 5.14. The molecule has 1 aromatic carbocycles. The van der Waals surface area contributed by atoms with Gasteiger partial charge in [-0.25, -0.2) is 9.97 Å². The molecule has 4 aliphatic rings. The van der Waals surface area contributed by atoms with Crippen molar-refractivity contribution in [1.82, 2.24) is 29.3 Å². The molecule has 3 N–H and O–H groups in total. The van der Waals surface area contributed by atoms with Crippen molar-refractivity contribution in [3.05, 3.63) is 41.6 Å². The first-order valence-corrected chi connectivity index (χ1v) is 17.3. The molecule has 3 fully saturated rings. The Balaban J connectivity index is 1.24. The Labute approximate surface area is 269 Å². The second kappa shape index (κ2) is 11.4. The largest absolute Gasteiger partial charge is 0.494 e. The van der Waals surface area contributed by atoms with Gasteiger partial charge < -0.3 is 29.8 Å². The minimum absolute atomic E-state index is 0.0111. The Morgan fingerprint density at radius 3 is 2.59 bits per heavy atom. The number of piperidine rings is 1. The minimum atomic E-state index is -0.171. The second-order valence-electron chi connectivity index (χ2n) is 14.2. The number of ether oxygens (including phenoxy) is 1. The summed E-state index contributed by atoms with van der Waals surface area (Å²) in [6.45, 7) is 4.16. The molecule has 8 rings (SSSR count). The maximum atomic E-state index is 13.6. The molecule has 46 heavy (non-hydrogen) atoms. The Kier molecular flexibility index (Phi) is 7.31. The molecule has 0 radical (unpaired) electrons. The van der Waals surface area contributed by atoms with Gasteiger partial charge in [-0.05, 0) is 88.6 Å². The molecule has 10 heteroatoms. The average Bonchev–Trinajstić information content (AvgIpc) is 3.99. The number of amides is 2. The fraction of sp³-hybridized carbons (Fsp3) is 0.556. The van der Waals surface area contributed by atoms with Gasteiger partial charge in [-0.15, -0.1) is 0 Å². The Bertz CT molecular complexity index is 1830. The summed E-state index contributed by atoms with van der Waals surface area (Å²) < 4.78 is 10.6. The number of aromatic nitrogens is 4. The van der Waals surface area contributed by atoms with Crippen molar-refractivity contribution in [3.63, 3.8) is 0 Å². The van der Waals surface area contributed by atoms with Crippen molar-refractivity contribution < 1.29 is 14.3 Å². The molecule has 5 heterocycles. The van der Waals surface area contributed by atoms with Crippen LogP contribution >= 0.6 is 0 Å². The molecule has 1 saturated heterocycles. The molecule has 3 aromatic heterocycles. The van der Waals surface area contributed by atoms with E-state index in [0.717, 1.165) is 116 Å². The molecule has 242 valence electrons. The van der Waals surface area contributed by atoms with Gasteiger partial charge in [0, 0.05) is 48.1 Å². The van der Waals surface area contributed by atoms with E-state index in [0.29, 0.717) is 30.4 Å². The second-order valence-corrected chi connectivity index (χ2v) is 14.2. The van der Waals surface area contributed by atoms with E-state index in [4.69, 9.17) is 20.4 Å². The third-order valence-electron chi connectivity index (χ3n) is 10.8. The van der Waals surface area contributed by atoms with Crippen LogP contribution in [0.3, 0.4) is 0 Å². The molecule has 1 spiro atoms. The van der Waals surface area contributed by atoms with Gasteiger partial charge in [0.05, 0.1) is 30.1 Å². The van der Waals surface area contributed by atoms with Gasteiger partial charge in [0.2, 0.25) is 5.91 Å². The SMILES string of the molecule is COc1cc(C(=O)N2CCC[C@@H](N)C2)cc2nc(-c3cc4ccc5nc4n3CCCCCCC3(CC3)C(=O)N[C@@H]5C)n(C3CC3)c12. The molecule has 2 atom stereocenters. The molecule has 2 aliphatic heterocycles. The molecular formula is C36H45N7O3. The van der Waals surface area contributed by atoms with E-state index >= 15 is 0 Å². The minimum Gasteiger partial charge on any atom is -0.494 e. The van der Waals surface area contributed by atoms with Crippen LogP contribution in [0.25, 0.3) is 33.6 Å². The number of carbonyl (C=O) groups is 2. The van der Waals surface area contributed by atoms with Gasteiger partial charge in [-0.1, -0.05) is 19.3 Å². The van der Waals surface area contributed by atoms with Gasteiger partial charge in [0.1, 0.15) is 16.9 Å². The number of pyridine rings is 1. The fourth-order valence-electron chi connectivity index (χ4n) is 7.77. The molecular weight excluding hydrogens is 578 g/mol. The van der Waals surface area contributed by atoms with Gasteiger partial charge in [0.25, 0.3) is 5.91 Å². The van der Waals surface area contributed by atoms with E-state index in [2.05, 4.69) is 26.6 Å². The van der Waals surface area contributed by atoms with Gasteiger partial charge in [0.15, 0.2) is 5.82 Å². The van der Waals surface area contributed by atoms with Crippen molar-refractivity contribution in [2.75, 3.05) is 20.2 Å². The lowest BCUT2D eigenvalue weighted by molar-refractivity contribution is -0.127. The first-order valence-electron chi connectivity index (χ1n) is 17.3. The quantitative estimate of drug-likeness (QED) is 0.293. The van der Waals surface area contributed by atoms with E-state index in [1.807, 2.05) is 30.0 Å². The highest BCUT2D eigenvalue weighted by molar-refractivity contribution is 6.00. The van der Waals surface area contributed by atoms with Crippen LogP contribution in [0.15, 0.2) is 30.3 Å². The number of likely N-dealkylation sites (tertiary alicyclic amines) is 1. The summed E-state index contributed by atoms with van der Waals surface area (Å²) >= 11 is 0. The first-order chi connectivity index (χ1) is 22.3. The van der Waals surface area contributed by atoms with Crippen LogP contribution in [0.1, 0.15) is 106 Å². The number of methoxy groups -OCH3 is 1. The average molecular weight is 624 g/mol. The van der Waals surface area contributed by atoms with E-state index in [1.165, 1.54) is 0 Å². The number of hydrogen-bond acceptors (Lipinski definition) is 6. The summed E-state index contributed by atoms with van der Waals surface area (Å²) in [4.78, 5) is 39.2. The van der Waals surface area contributed by atoms with Crippen molar-refractivity contribution in [2.24, 2.45) is 11.1 Å². The van der Waals surface area contributed by atoms with Crippen LogP contribution in [-0.2, 0) is 11.3 Å². The highest BCUT2D eigenvalue weighted by atomic mass is 16.5. The smallest absolute Gasteiger partial charge is 0.254 e. The molecule has 2 saturated carbocycles. The van der Waals surface area contributed by atoms with Gasteiger partial charge in [-0.3, -0.25) is 9.59 Å². The fourth-order valence-corrected chi connectivity index (χ4v) is 7.77. The Morgan fingerprint density at radius 2 is 1.83 bits per heavy atom. The number of nitrogens with zero attached hydrogens (tertiary/aromatic N) is 5. The maximum Gasteiger partial charge on any atom is 0.254 e. The third-order valence-corrected chi connectivity index (χ3v) is 10.8. The molecule has 4 aromatic rings. The molecule has 0 unspecified atom stereocenters. The number of fused-ring (bicyclic) bond motifs is 2. The summed E-state index contributed by atoms with van der Waals surface area (Å²) in [5.74, 6) is 1.72. The topological polar surface area (TPSA) is 120 Å². The van der Waals surface area contributed by atoms with Crippen LogP contribution in [0.5, 0.6) is 5.75 Å². The van der Waals surface area contributed by atoms with Crippen molar-refractivity contribution in [2.45, 2.75) is 102 Å². The number of nitrogens with two attached hydrogens (primary N) is 1. The predicted octanol–water partition coefficient (Wildman–Crippen LogP) is 5.88. The lowest BCUT2D eigenvalue weighted by Crippen LogP contribution is -2.45. The zero-order chi connectivity index (χ0) is 31.6. The molecule has 10 nitrogen and oxygen atoms in total. The van der Waals surface area contributed by atoms with Gasteiger partial charge >= 0.3 is 0 Å². The van der Waals surface area contributed by atoms with Crippen molar-refractivity contribution in [1.29, 1.82) is 0 Å². The summed E-state index contributed by atoms with van der Waals surface area (Å²) in [7, 11) is 1.67. The first kappa shape index (κ1) is 29.5. The normalized spacial score (nSPS) is 23.5. The van der Waals surface area contributed by atoms with Crippen LogP contribution < -0.4 is 15.8 Å². The zero-order valence-electron chi connectivity index (χ0n) is 27.1. The standard InChI is InChI=1S/C36H45N7O3/c1-22-27-12-9-23-19-29(42(32(23)39-27)17-6-4-3-5-13-36(14-15-36)35(45)38-22)33-40-28-18-24(34(44)41-16-7-8-25(37)21-41)20-30(46-2)31(28)43(33)26-10-11-26/h9,12,18-20,22,25-26H,3-8,10-11,13-17,21,37H2,1-2H3,(H,38,45)/t22-,25-/m1/s1. The van der Waals surface area contributed by atoms with Crippen LogP contribution in [0.4, 0.5) is 0 Å². The van der Waals surface area contributed by atoms with Crippen molar-refractivity contribution >= 4 is 33.9 Å². The van der Waals surface area contributed by atoms with E-state index < -0.39 is 0 Å². The summed E-state index contributed by atoms with van der Waals surface area (Å²) in [5, 5.41) is 4.35. The highest BCUT2D eigenvalue weighted by Gasteiger charge is 2.49. The molecule has 2 aliphatic carbocycles. The maximum absolute atomic E-state index is 13.6. The summed E-state index contributed by atoms with van der Waals surface area (Å²) in [5.41, 5.74) is 11.2. The number of rotatable bonds is 4. The van der Waals surface area contributed by atoms with Crippen LogP contribution in [-0.4, -0.2) is 62.1 Å². The number of carbonyl (C=O) groups excluding carboxylic acids is 2. The summed E-state index contributed by atoms with van der Waals surface area (Å²) in [6.07, 6.45) is 11.3. The Morgan fingerprint density at radius 1 is 1.00 bits per heavy atom.